The Morgan fingerprint density at radius 1 is 1.24 bits per heavy atom. The highest BCUT2D eigenvalue weighted by molar-refractivity contribution is 6.31. The summed E-state index contributed by atoms with van der Waals surface area (Å²) in [6, 6.07) is 5.75. The zero-order valence-corrected chi connectivity index (χ0v) is 17.5. The molecule has 2 aromatic rings. The summed E-state index contributed by atoms with van der Waals surface area (Å²) in [5, 5.41) is 15.9. The quantitative estimate of drug-likeness (QED) is 0.744. The number of benzene rings is 1. The van der Waals surface area contributed by atoms with Crippen LogP contribution in [0.25, 0.3) is 11.0 Å². The first-order valence-corrected chi connectivity index (χ1v) is 11.1. The fourth-order valence-corrected chi connectivity index (χ4v) is 5.21. The Kier molecular flexibility index (Phi) is 6.42. The molecule has 1 amide bonds. The SMILES string of the molecule is NC(=O)C(O)C1CCC(CCN2CCC(c3noc4cc(Cl)ccc34)CC2)CC1. The number of amides is 1. The highest BCUT2D eigenvalue weighted by Gasteiger charge is 2.30. The predicted octanol–water partition coefficient (Wildman–Crippen LogP) is 3.70. The van der Waals surface area contributed by atoms with Crippen LogP contribution in [0.1, 0.15) is 56.6 Å². The number of nitrogens with zero attached hydrogens (tertiary/aromatic N) is 2. The number of aliphatic hydroxyl groups excluding tert-OH is 1. The maximum absolute atomic E-state index is 11.2. The summed E-state index contributed by atoms with van der Waals surface area (Å²) in [5.41, 5.74) is 7.07. The summed E-state index contributed by atoms with van der Waals surface area (Å²) in [6.07, 6.45) is 6.38. The van der Waals surface area contributed by atoms with E-state index < -0.39 is 12.0 Å². The van der Waals surface area contributed by atoms with E-state index in [1.54, 1.807) is 0 Å². The van der Waals surface area contributed by atoms with E-state index >= 15 is 0 Å². The molecule has 1 aliphatic carbocycles. The molecule has 158 valence electrons. The fourth-order valence-electron chi connectivity index (χ4n) is 5.05. The average Bonchev–Trinajstić information content (AvgIpc) is 3.15. The number of carbonyl (C=O) groups excluding carboxylic acids is 1. The van der Waals surface area contributed by atoms with E-state index in [-0.39, 0.29) is 5.92 Å². The Bertz CT molecular complexity index is 839. The minimum absolute atomic E-state index is 0.0478. The molecule has 3 N–H and O–H groups in total. The molecule has 2 aliphatic rings. The lowest BCUT2D eigenvalue weighted by Crippen LogP contribution is -2.38. The summed E-state index contributed by atoms with van der Waals surface area (Å²) < 4.78 is 5.48. The van der Waals surface area contributed by atoms with E-state index in [9.17, 15) is 9.90 Å². The van der Waals surface area contributed by atoms with Gasteiger partial charge in [0.2, 0.25) is 5.91 Å². The summed E-state index contributed by atoms with van der Waals surface area (Å²) in [7, 11) is 0. The molecule has 7 heteroatoms. The van der Waals surface area contributed by atoms with Crippen LogP contribution in [-0.2, 0) is 4.79 Å². The third kappa shape index (κ3) is 4.76. The first-order valence-electron chi connectivity index (χ1n) is 10.8. The molecule has 2 heterocycles. The molecule has 1 aromatic heterocycles. The third-order valence-electron chi connectivity index (χ3n) is 6.92. The number of aromatic nitrogens is 1. The monoisotopic (exact) mass is 419 g/mol. The molecule has 0 spiro atoms. The lowest BCUT2D eigenvalue weighted by atomic mass is 9.78. The van der Waals surface area contributed by atoms with Crippen LogP contribution in [0, 0.1) is 11.8 Å². The lowest BCUT2D eigenvalue weighted by Gasteiger charge is -2.34. The standard InChI is InChI=1S/C22H30ClN3O3/c23-17-5-6-18-19(13-17)29-25-20(18)15-8-11-26(12-9-15)10-7-14-1-3-16(4-2-14)21(27)22(24)28/h5-6,13-16,21,27H,1-4,7-12H2,(H2,24,28). The number of hydrogen-bond donors (Lipinski definition) is 2. The van der Waals surface area contributed by atoms with Gasteiger partial charge in [0.05, 0.1) is 5.69 Å². The Hall–Kier alpha value is -1.63. The van der Waals surface area contributed by atoms with Gasteiger partial charge in [-0.3, -0.25) is 4.79 Å². The summed E-state index contributed by atoms with van der Waals surface area (Å²) in [6.45, 7) is 3.29. The van der Waals surface area contributed by atoms with Gasteiger partial charge in [-0.1, -0.05) is 29.6 Å². The number of primary amides is 1. The number of hydrogen-bond acceptors (Lipinski definition) is 5. The molecule has 1 aromatic carbocycles. The van der Waals surface area contributed by atoms with Crippen LogP contribution in [0.2, 0.25) is 5.02 Å². The second-order valence-corrected chi connectivity index (χ2v) is 9.18. The fraction of sp³-hybridized carbons (Fsp3) is 0.636. The van der Waals surface area contributed by atoms with E-state index in [2.05, 4.69) is 10.1 Å². The molecular weight excluding hydrogens is 390 g/mol. The van der Waals surface area contributed by atoms with Gasteiger partial charge in [0.15, 0.2) is 5.58 Å². The Balaban J connectivity index is 1.22. The molecule has 1 aliphatic heterocycles. The first kappa shape index (κ1) is 20.6. The van der Waals surface area contributed by atoms with E-state index in [0.717, 1.165) is 74.8 Å². The second-order valence-electron chi connectivity index (χ2n) is 8.74. The van der Waals surface area contributed by atoms with E-state index in [1.165, 1.54) is 6.42 Å². The van der Waals surface area contributed by atoms with E-state index in [1.807, 2.05) is 18.2 Å². The average molecular weight is 420 g/mol. The molecule has 0 bridgehead atoms. The van der Waals surface area contributed by atoms with Crippen molar-refractivity contribution in [3.05, 3.63) is 28.9 Å². The molecular formula is C22H30ClN3O3. The lowest BCUT2D eigenvalue weighted by molar-refractivity contribution is -0.129. The van der Waals surface area contributed by atoms with Crippen molar-refractivity contribution in [2.45, 2.75) is 57.0 Å². The van der Waals surface area contributed by atoms with Gasteiger partial charge in [-0.05, 0) is 75.7 Å². The minimum atomic E-state index is -0.974. The minimum Gasteiger partial charge on any atom is -0.383 e. The van der Waals surface area contributed by atoms with Crippen molar-refractivity contribution in [3.63, 3.8) is 0 Å². The number of nitrogens with two attached hydrogens (primary N) is 1. The third-order valence-corrected chi connectivity index (χ3v) is 7.15. The topological polar surface area (TPSA) is 92.6 Å². The van der Waals surface area contributed by atoms with Crippen LogP contribution in [0.4, 0.5) is 0 Å². The van der Waals surface area contributed by atoms with Gasteiger partial charge in [0, 0.05) is 22.4 Å². The van der Waals surface area contributed by atoms with Crippen molar-refractivity contribution in [2.75, 3.05) is 19.6 Å². The van der Waals surface area contributed by atoms with Gasteiger partial charge in [-0.15, -0.1) is 0 Å². The predicted molar refractivity (Wildman–Crippen MR) is 113 cm³/mol. The number of halogens is 1. The van der Waals surface area contributed by atoms with Gasteiger partial charge >= 0.3 is 0 Å². The van der Waals surface area contributed by atoms with Gasteiger partial charge < -0.3 is 20.3 Å². The zero-order valence-electron chi connectivity index (χ0n) is 16.7. The van der Waals surface area contributed by atoms with Crippen LogP contribution in [0.5, 0.6) is 0 Å². The highest BCUT2D eigenvalue weighted by Crippen LogP contribution is 2.35. The van der Waals surface area contributed by atoms with Gasteiger partial charge in [0.25, 0.3) is 0 Å². The number of likely N-dealkylation sites (tertiary alicyclic amines) is 1. The first-order chi connectivity index (χ1) is 14.0. The largest absolute Gasteiger partial charge is 0.383 e. The van der Waals surface area contributed by atoms with Crippen LogP contribution in [0.15, 0.2) is 22.7 Å². The van der Waals surface area contributed by atoms with Gasteiger partial charge in [0.1, 0.15) is 6.10 Å². The molecule has 4 rings (SSSR count). The number of aliphatic hydroxyl groups is 1. The Labute approximate surface area is 176 Å². The molecule has 1 unspecified atom stereocenters. The molecule has 29 heavy (non-hydrogen) atoms. The molecule has 1 saturated heterocycles. The summed E-state index contributed by atoms with van der Waals surface area (Å²) >= 11 is 6.04. The second kappa shape index (κ2) is 9.02. The molecule has 1 atom stereocenters. The van der Waals surface area contributed by atoms with Crippen molar-refractivity contribution < 1.29 is 14.4 Å². The summed E-state index contributed by atoms with van der Waals surface area (Å²) in [5.74, 6) is 0.596. The van der Waals surface area contributed by atoms with Crippen LogP contribution in [0.3, 0.4) is 0 Å². The normalized spacial score (nSPS) is 25.3. The van der Waals surface area contributed by atoms with Crippen molar-refractivity contribution >= 4 is 28.5 Å². The van der Waals surface area contributed by atoms with E-state index in [0.29, 0.717) is 16.9 Å². The number of rotatable bonds is 6. The van der Waals surface area contributed by atoms with Crippen molar-refractivity contribution in [1.82, 2.24) is 10.1 Å². The Morgan fingerprint density at radius 3 is 2.66 bits per heavy atom. The van der Waals surface area contributed by atoms with Crippen LogP contribution >= 0.6 is 11.6 Å². The van der Waals surface area contributed by atoms with Crippen molar-refractivity contribution in [1.29, 1.82) is 0 Å². The zero-order chi connectivity index (χ0) is 20.4. The van der Waals surface area contributed by atoms with Gasteiger partial charge in [-0.2, -0.15) is 0 Å². The molecule has 6 nitrogen and oxygen atoms in total. The highest BCUT2D eigenvalue weighted by atomic mass is 35.5. The smallest absolute Gasteiger partial charge is 0.246 e. The molecule has 1 saturated carbocycles. The molecule has 0 radical (unpaired) electrons. The number of fused-ring (bicyclic) bond motifs is 1. The summed E-state index contributed by atoms with van der Waals surface area (Å²) in [4.78, 5) is 13.7. The Morgan fingerprint density at radius 2 is 1.97 bits per heavy atom. The molecule has 2 fully saturated rings. The van der Waals surface area contributed by atoms with Crippen molar-refractivity contribution in [2.24, 2.45) is 17.6 Å². The maximum atomic E-state index is 11.2. The van der Waals surface area contributed by atoms with Crippen LogP contribution in [-0.4, -0.2) is 46.8 Å². The van der Waals surface area contributed by atoms with Crippen molar-refractivity contribution in [3.8, 4) is 0 Å². The number of piperidine rings is 1. The van der Waals surface area contributed by atoms with Gasteiger partial charge in [-0.25, -0.2) is 0 Å². The van der Waals surface area contributed by atoms with Crippen LogP contribution < -0.4 is 5.73 Å². The number of carbonyl (C=O) groups is 1. The maximum Gasteiger partial charge on any atom is 0.246 e. The van der Waals surface area contributed by atoms with E-state index in [4.69, 9.17) is 21.9 Å².